The Morgan fingerprint density at radius 2 is 1.07 bits per heavy atom. The van der Waals surface area contributed by atoms with Gasteiger partial charge in [0.15, 0.2) is 0 Å². The Labute approximate surface area is 463 Å². The summed E-state index contributed by atoms with van der Waals surface area (Å²) < 4.78 is 0. The maximum Gasteiger partial charge on any atom is 0.327 e. The summed E-state index contributed by atoms with van der Waals surface area (Å²) in [4.78, 5) is 139. The molecule has 0 unspecified atom stereocenters. The second-order valence-corrected chi connectivity index (χ2v) is 20.4. The maximum atomic E-state index is 14.4. The fourth-order valence-corrected chi connectivity index (χ4v) is 10.1. The number of urea groups is 1. The topological polar surface area (TPSA) is 420 Å². The molecule has 0 aromatic heterocycles. The first kappa shape index (κ1) is 64.9. The molecule has 3 aromatic carbocycles. The van der Waals surface area contributed by atoms with Gasteiger partial charge in [0.25, 0.3) is 0 Å². The zero-order chi connectivity index (χ0) is 58.7. The van der Waals surface area contributed by atoms with Crippen LogP contribution < -0.4 is 37.2 Å². The molecule has 14 N–H and O–H groups in total. The molecule has 1 aliphatic rings. The van der Waals surface area contributed by atoms with E-state index in [2.05, 4.69) is 37.2 Å². The first-order valence-corrected chi connectivity index (χ1v) is 27.1. The number of rotatable bonds is 38. The van der Waals surface area contributed by atoms with Crippen LogP contribution in [0.2, 0.25) is 0 Å². The van der Waals surface area contributed by atoms with Crippen LogP contribution in [0.25, 0.3) is 21.5 Å². The van der Waals surface area contributed by atoms with Crippen molar-refractivity contribution >= 4 is 98.8 Å². The van der Waals surface area contributed by atoms with E-state index in [9.17, 15) is 73.2 Å². The molecule has 27 nitrogen and oxygen atoms in total. The molecule has 0 heterocycles. The third-order valence-corrected chi connectivity index (χ3v) is 14.4. The molecule has 3 aromatic rings. The van der Waals surface area contributed by atoms with Gasteiger partial charge >= 0.3 is 47.8 Å². The lowest BCUT2D eigenvalue weighted by molar-refractivity contribution is -0.141. The molecule has 1 fully saturated rings. The van der Waals surface area contributed by atoms with E-state index in [1.54, 1.807) is 9.80 Å². The van der Waals surface area contributed by atoms with Crippen molar-refractivity contribution in [3.05, 3.63) is 60.2 Å². The highest BCUT2D eigenvalue weighted by atomic mass is 32.2. The summed E-state index contributed by atoms with van der Waals surface area (Å²) in [5.74, 6) is -12.0. The Morgan fingerprint density at radius 3 is 1.59 bits per heavy atom. The summed E-state index contributed by atoms with van der Waals surface area (Å²) in [6.45, 7) is 0.519. The number of fused-ring (bicyclic) bond motifs is 2. The second-order valence-electron chi connectivity index (χ2n) is 19.3. The van der Waals surface area contributed by atoms with Crippen LogP contribution in [0.1, 0.15) is 50.5 Å². The van der Waals surface area contributed by atoms with E-state index in [-0.39, 0.29) is 110 Å². The number of hydrogen-bond donors (Lipinski definition) is 14. The van der Waals surface area contributed by atoms with Crippen molar-refractivity contribution in [3.63, 3.8) is 0 Å². The molecule has 0 aliphatic heterocycles. The Hall–Kier alpha value is -7.66. The van der Waals surface area contributed by atoms with Crippen molar-refractivity contribution in [2.75, 3.05) is 83.5 Å². The van der Waals surface area contributed by atoms with Crippen LogP contribution in [0.15, 0.2) is 54.6 Å². The van der Waals surface area contributed by atoms with Crippen molar-refractivity contribution in [1.82, 2.24) is 47.0 Å². The Bertz CT molecular complexity index is 2600. The number of nitrogens with zero attached hydrogens (tertiary/aromatic N) is 2. The van der Waals surface area contributed by atoms with Gasteiger partial charge in [0.05, 0.1) is 26.2 Å². The van der Waals surface area contributed by atoms with Crippen LogP contribution in [0.5, 0.6) is 0 Å². The van der Waals surface area contributed by atoms with Gasteiger partial charge in [0.2, 0.25) is 17.7 Å². The predicted molar refractivity (Wildman–Crippen MR) is 290 cm³/mol. The fourth-order valence-electron chi connectivity index (χ4n) is 9.05. The first-order chi connectivity index (χ1) is 38.1. The summed E-state index contributed by atoms with van der Waals surface area (Å²) in [6.07, 6.45) is 1.02. The largest absolute Gasteiger partial charge is 0.481 e. The molecule has 0 spiro atoms. The van der Waals surface area contributed by atoms with Gasteiger partial charge in [-0.05, 0) is 77.6 Å². The maximum absolute atomic E-state index is 14.4. The van der Waals surface area contributed by atoms with Gasteiger partial charge in [-0.25, -0.2) is 19.2 Å². The predicted octanol–water partition coefficient (Wildman–Crippen LogP) is -0.257. The highest BCUT2D eigenvalue weighted by molar-refractivity contribution is 7.99. The minimum atomic E-state index is -1.65. The summed E-state index contributed by atoms with van der Waals surface area (Å²) in [5, 5.41) is 87.2. The van der Waals surface area contributed by atoms with Crippen LogP contribution in [-0.2, 0) is 54.4 Å². The molecule has 5 amide bonds. The minimum Gasteiger partial charge on any atom is -0.481 e. The van der Waals surface area contributed by atoms with Gasteiger partial charge in [-0.3, -0.25) is 43.4 Å². The number of carboxylic acid groups (broad SMARTS) is 7. The molecule has 4 atom stereocenters. The number of carbonyl (C=O) groups excluding carboxylic acids is 4. The van der Waals surface area contributed by atoms with E-state index in [0.717, 1.165) is 33.3 Å². The van der Waals surface area contributed by atoms with Gasteiger partial charge < -0.3 is 73.0 Å². The van der Waals surface area contributed by atoms with E-state index >= 15 is 0 Å². The highest BCUT2D eigenvalue weighted by Crippen LogP contribution is 2.31. The lowest BCUT2D eigenvalue weighted by Gasteiger charge is -2.30. The van der Waals surface area contributed by atoms with Gasteiger partial charge in [-0.15, -0.1) is 0 Å². The van der Waals surface area contributed by atoms with Crippen molar-refractivity contribution in [3.8, 4) is 0 Å². The monoisotopic (exact) mass is 1140 g/mol. The molecule has 80 heavy (non-hydrogen) atoms. The number of nitrogens with one attached hydrogen (secondary N) is 7. The number of aliphatic carboxylic acids is 7. The van der Waals surface area contributed by atoms with E-state index in [1.165, 1.54) is 0 Å². The quantitative estimate of drug-likeness (QED) is 0.0260. The third kappa shape index (κ3) is 23.4. The lowest BCUT2D eigenvalue weighted by Crippen LogP contribution is -2.54. The van der Waals surface area contributed by atoms with Gasteiger partial charge in [-0.1, -0.05) is 48.5 Å². The molecule has 4 rings (SSSR count). The fraction of sp³-hybridized carbons (Fsp3) is 0.519. The molecular formula is C52H71N9O18S. The average Bonchev–Trinajstić information content (AvgIpc) is 3.46. The molecule has 1 aliphatic carbocycles. The van der Waals surface area contributed by atoms with E-state index in [4.69, 9.17) is 15.3 Å². The normalized spacial score (nSPS) is 15.7. The molecule has 0 saturated heterocycles. The molecular weight excluding hydrogens is 1070 g/mol. The van der Waals surface area contributed by atoms with E-state index in [1.807, 2.05) is 54.6 Å². The Kier molecular flexibility index (Phi) is 27.3. The van der Waals surface area contributed by atoms with Crippen LogP contribution in [0.3, 0.4) is 0 Å². The van der Waals surface area contributed by atoms with Crippen molar-refractivity contribution in [2.45, 2.75) is 75.5 Å². The first-order valence-electron chi connectivity index (χ1n) is 25.9. The van der Waals surface area contributed by atoms with Crippen LogP contribution >= 0.6 is 11.8 Å². The summed E-state index contributed by atoms with van der Waals surface area (Å²) >= 11 is 0.758. The van der Waals surface area contributed by atoms with Gasteiger partial charge in [0.1, 0.15) is 24.2 Å². The third-order valence-electron chi connectivity index (χ3n) is 13.2. The van der Waals surface area contributed by atoms with Crippen molar-refractivity contribution in [1.29, 1.82) is 0 Å². The molecule has 0 radical (unpaired) electrons. The molecule has 28 heteroatoms. The van der Waals surface area contributed by atoms with Gasteiger partial charge in [-0.2, -0.15) is 11.8 Å². The average molecular weight is 1140 g/mol. The molecule has 1 saturated carbocycles. The summed E-state index contributed by atoms with van der Waals surface area (Å²) in [7, 11) is 0. The summed E-state index contributed by atoms with van der Waals surface area (Å²) in [6, 6.07) is 9.61. The van der Waals surface area contributed by atoms with E-state index < -0.39 is 101 Å². The van der Waals surface area contributed by atoms with Crippen molar-refractivity contribution in [2.24, 2.45) is 11.8 Å². The number of thioether (sulfide) groups is 1. The molecule has 0 bridgehead atoms. The van der Waals surface area contributed by atoms with Crippen LogP contribution in [0, 0.1) is 11.8 Å². The lowest BCUT2D eigenvalue weighted by atomic mass is 9.81. The standard InChI is InChI=1S/C52H71N9O18S/c62-42(27-60(18-16-53-25-44(65)66)20-21-61(28-46(69)70)19-17-54-26-45(67)68)55-24-31-12-14-32(15-13-31)47(71)56-39(23-37-35-8-3-1-6-33(35)22-34-7-2-4-9-36(34)37)48(72)57-40(50(75)76)29-80-30-41(51(77)78)59-52(79)58-38(49(73)74)10-5-11-43(63)64/h1-4,6-9,22,31-32,38-41,53-54H,5,10-21,23-30H2,(H,55,62)(H,56,71)(H,57,72)(H,63,64)(H,65,66)(H,67,68)(H,69,70)(H,73,74)(H,75,76)(H,77,78)(H2,58,59,79)/t31-,32-,38-,39-,40+,41-/m0/s1. The SMILES string of the molecule is O=C(O)CCC[C@H](NC(=O)N[C@@H](CSC[C@@H](NC(=O)[C@H](Cc1c2ccccc2cc2ccccc12)NC(=O)[C@H]1CC[C@H](CNC(=O)CN(CCNCC(=O)O)CCN(CCNCC(=O)O)CC(=O)O)CC1)C(=O)O)C(=O)O)C(=O)O. The zero-order valence-electron chi connectivity index (χ0n) is 43.9. The van der Waals surface area contributed by atoms with Crippen LogP contribution in [0.4, 0.5) is 4.79 Å². The second kappa shape index (κ2) is 33.7. The van der Waals surface area contributed by atoms with Gasteiger partial charge in [0, 0.05) is 76.1 Å². The number of carboxylic acids is 7. The van der Waals surface area contributed by atoms with Crippen molar-refractivity contribution < 1.29 is 88.5 Å². The minimum absolute atomic E-state index is 0.0320. The molecule has 438 valence electrons. The smallest absolute Gasteiger partial charge is 0.327 e. The number of benzene rings is 3. The number of carbonyl (C=O) groups is 11. The summed E-state index contributed by atoms with van der Waals surface area (Å²) in [5.41, 5.74) is 0.707. The Morgan fingerprint density at radius 1 is 0.562 bits per heavy atom. The van der Waals surface area contributed by atoms with E-state index in [0.29, 0.717) is 31.2 Å². The van der Waals surface area contributed by atoms with Crippen LogP contribution in [-0.4, -0.2) is 219 Å². The Balaban J connectivity index is 1.42. The number of hydrogen-bond acceptors (Lipinski definition) is 16. The number of amides is 5. The highest BCUT2D eigenvalue weighted by Gasteiger charge is 2.33. The zero-order valence-corrected chi connectivity index (χ0v) is 44.7.